The van der Waals surface area contributed by atoms with E-state index in [9.17, 15) is 4.39 Å². The fraction of sp³-hybridized carbons (Fsp3) is 0.231. The third-order valence-corrected chi connectivity index (χ3v) is 3.12. The van der Waals surface area contributed by atoms with Gasteiger partial charge in [-0.25, -0.2) is 4.39 Å². The molecule has 3 rings (SSSR count). The molecule has 20 heavy (non-hydrogen) atoms. The van der Waals surface area contributed by atoms with Gasteiger partial charge in [0.05, 0.1) is 0 Å². The molecule has 0 fully saturated rings. The Morgan fingerprint density at radius 3 is 2.00 bits per heavy atom. The van der Waals surface area contributed by atoms with Crippen LogP contribution in [0.4, 0.5) is 4.39 Å². The Balaban J connectivity index is 2.17. The topological polar surface area (TPSA) is 43.4 Å². The van der Waals surface area contributed by atoms with Crippen LogP contribution in [-0.4, -0.2) is 19.3 Å². The molecule has 0 N–H and O–H groups in total. The monoisotopic (exact) mass is 274 g/mol. The zero-order valence-corrected chi connectivity index (χ0v) is 11.5. The molecule has 0 aliphatic heterocycles. The van der Waals surface area contributed by atoms with E-state index in [2.05, 4.69) is 10.2 Å². The molecule has 0 saturated carbocycles. The number of halogens is 1. The summed E-state index contributed by atoms with van der Waals surface area (Å²) in [6.45, 7) is 1.87. The summed E-state index contributed by atoms with van der Waals surface area (Å²) in [6.07, 6.45) is 6.81. The molecule has 7 heteroatoms. The molecule has 0 aliphatic rings. The molecule has 2 aromatic heterocycles. The molecular formula is C13H15FN6+2. The van der Waals surface area contributed by atoms with Crippen LogP contribution in [0.15, 0.2) is 37.4 Å². The van der Waals surface area contributed by atoms with E-state index in [0.29, 0.717) is 5.69 Å². The van der Waals surface area contributed by atoms with Gasteiger partial charge in [0.2, 0.25) is 12.7 Å². The van der Waals surface area contributed by atoms with Gasteiger partial charge in [-0.1, -0.05) is 0 Å². The lowest BCUT2D eigenvalue weighted by molar-refractivity contribution is -0.728. The standard InChI is InChI=1S/C13H15FN6/c1-10-4-11(14)13(20-7-16-18(3)9-20)5-12(10)19-6-15-17(2)8-19/h4-9H,1-3H3/q+2. The van der Waals surface area contributed by atoms with E-state index in [1.54, 1.807) is 46.0 Å². The van der Waals surface area contributed by atoms with Gasteiger partial charge in [0, 0.05) is 6.07 Å². The van der Waals surface area contributed by atoms with Crippen LogP contribution >= 0.6 is 0 Å². The molecule has 0 aliphatic carbocycles. The maximum absolute atomic E-state index is 14.2. The summed E-state index contributed by atoms with van der Waals surface area (Å²) in [5, 5.41) is 8.18. The van der Waals surface area contributed by atoms with E-state index in [4.69, 9.17) is 0 Å². The van der Waals surface area contributed by atoms with E-state index in [0.717, 1.165) is 11.3 Å². The van der Waals surface area contributed by atoms with Crippen molar-refractivity contribution in [2.75, 3.05) is 0 Å². The minimum absolute atomic E-state index is 0.284. The molecule has 0 atom stereocenters. The number of benzene rings is 1. The summed E-state index contributed by atoms with van der Waals surface area (Å²) in [5.41, 5.74) is 2.18. The van der Waals surface area contributed by atoms with Crippen molar-refractivity contribution < 1.29 is 13.8 Å². The van der Waals surface area contributed by atoms with Crippen molar-refractivity contribution >= 4 is 0 Å². The minimum atomic E-state index is -0.284. The fourth-order valence-corrected chi connectivity index (χ4v) is 2.13. The first-order valence-electron chi connectivity index (χ1n) is 6.15. The van der Waals surface area contributed by atoms with Gasteiger partial charge in [-0.3, -0.25) is 0 Å². The molecule has 0 saturated heterocycles. The van der Waals surface area contributed by atoms with Gasteiger partial charge in [0.1, 0.15) is 19.8 Å². The average Bonchev–Trinajstić information content (AvgIpc) is 2.99. The maximum Gasteiger partial charge on any atom is 0.270 e. The highest BCUT2D eigenvalue weighted by molar-refractivity contribution is 5.49. The summed E-state index contributed by atoms with van der Waals surface area (Å²) in [5.74, 6) is -0.284. The van der Waals surface area contributed by atoms with Crippen LogP contribution in [0.25, 0.3) is 11.4 Å². The third kappa shape index (κ3) is 2.07. The van der Waals surface area contributed by atoms with Crippen molar-refractivity contribution in [3.8, 4) is 11.4 Å². The number of aryl methyl sites for hydroxylation is 3. The van der Waals surface area contributed by atoms with Gasteiger partial charge in [0.25, 0.3) is 12.7 Å². The van der Waals surface area contributed by atoms with Gasteiger partial charge < -0.3 is 0 Å². The van der Waals surface area contributed by atoms with Gasteiger partial charge in [0.15, 0.2) is 11.5 Å². The lowest BCUT2D eigenvalue weighted by Gasteiger charge is -2.04. The van der Waals surface area contributed by atoms with Gasteiger partial charge in [-0.2, -0.15) is 9.13 Å². The fourth-order valence-electron chi connectivity index (χ4n) is 2.13. The predicted molar refractivity (Wildman–Crippen MR) is 67.7 cm³/mol. The number of hydrogen-bond acceptors (Lipinski definition) is 2. The van der Waals surface area contributed by atoms with Crippen LogP contribution in [0.5, 0.6) is 0 Å². The molecule has 0 bridgehead atoms. The molecule has 3 aromatic rings. The Labute approximate surface area is 115 Å². The first-order chi connectivity index (χ1) is 9.54. The molecular weight excluding hydrogens is 259 g/mol. The predicted octanol–water partition coefficient (Wildman–Crippen LogP) is 0.155. The van der Waals surface area contributed by atoms with Crippen LogP contribution < -0.4 is 9.36 Å². The molecule has 6 nitrogen and oxygen atoms in total. The summed E-state index contributed by atoms with van der Waals surface area (Å²) in [7, 11) is 3.63. The number of rotatable bonds is 2. The van der Waals surface area contributed by atoms with E-state index < -0.39 is 0 Å². The normalized spacial score (nSPS) is 11.0. The summed E-state index contributed by atoms with van der Waals surface area (Å²) < 4.78 is 21.0. The second-order valence-electron chi connectivity index (χ2n) is 4.74. The van der Waals surface area contributed by atoms with Crippen molar-refractivity contribution in [1.82, 2.24) is 19.3 Å². The number of nitrogens with zero attached hydrogens (tertiary/aromatic N) is 6. The Morgan fingerprint density at radius 2 is 1.50 bits per heavy atom. The molecule has 102 valence electrons. The molecule has 0 unspecified atom stereocenters. The molecule has 2 heterocycles. The van der Waals surface area contributed by atoms with Crippen LogP contribution in [0.1, 0.15) is 5.56 Å². The van der Waals surface area contributed by atoms with Crippen LogP contribution in [0.3, 0.4) is 0 Å². The van der Waals surface area contributed by atoms with E-state index in [-0.39, 0.29) is 5.82 Å². The highest BCUT2D eigenvalue weighted by Gasteiger charge is 2.18. The Morgan fingerprint density at radius 1 is 0.950 bits per heavy atom. The second kappa shape index (κ2) is 4.52. The summed E-state index contributed by atoms with van der Waals surface area (Å²) in [6, 6.07) is 3.30. The number of aromatic nitrogens is 6. The molecule has 0 amide bonds. The maximum atomic E-state index is 14.2. The quantitative estimate of drug-likeness (QED) is 0.625. The lowest BCUT2D eigenvalue weighted by atomic mass is 10.1. The van der Waals surface area contributed by atoms with Crippen molar-refractivity contribution in [2.45, 2.75) is 6.92 Å². The Kier molecular flexibility index (Phi) is 2.81. The largest absolute Gasteiger partial charge is 0.270 e. The first kappa shape index (κ1) is 12.5. The molecule has 1 aromatic carbocycles. The van der Waals surface area contributed by atoms with Crippen molar-refractivity contribution in [3.05, 3.63) is 48.8 Å². The van der Waals surface area contributed by atoms with Crippen LogP contribution in [-0.2, 0) is 14.1 Å². The van der Waals surface area contributed by atoms with Crippen molar-refractivity contribution in [2.24, 2.45) is 14.1 Å². The highest BCUT2D eigenvalue weighted by atomic mass is 19.1. The zero-order chi connectivity index (χ0) is 14.3. The smallest absolute Gasteiger partial charge is 0.202 e. The van der Waals surface area contributed by atoms with Gasteiger partial charge >= 0.3 is 0 Å². The summed E-state index contributed by atoms with van der Waals surface area (Å²) >= 11 is 0. The highest BCUT2D eigenvalue weighted by Crippen LogP contribution is 2.21. The van der Waals surface area contributed by atoms with Crippen LogP contribution in [0.2, 0.25) is 0 Å². The minimum Gasteiger partial charge on any atom is -0.202 e. The average molecular weight is 274 g/mol. The lowest BCUT2D eigenvalue weighted by Crippen LogP contribution is -2.28. The Hall–Kier alpha value is -2.57. The Bertz CT molecular complexity index is 712. The SMILES string of the molecule is Cc1cc(F)c(-n2cn[n+](C)c2)cc1-n1cn[n+](C)c1. The van der Waals surface area contributed by atoms with E-state index in [1.165, 1.54) is 6.07 Å². The van der Waals surface area contributed by atoms with Crippen molar-refractivity contribution in [3.63, 3.8) is 0 Å². The molecule has 0 spiro atoms. The third-order valence-electron chi connectivity index (χ3n) is 3.12. The molecule has 0 radical (unpaired) electrons. The van der Waals surface area contributed by atoms with E-state index >= 15 is 0 Å². The summed E-state index contributed by atoms with van der Waals surface area (Å²) in [4.78, 5) is 0. The van der Waals surface area contributed by atoms with Crippen LogP contribution in [0, 0.1) is 12.7 Å². The number of hydrogen-bond donors (Lipinski definition) is 0. The second-order valence-corrected chi connectivity index (χ2v) is 4.74. The van der Waals surface area contributed by atoms with Crippen molar-refractivity contribution in [1.29, 1.82) is 0 Å². The first-order valence-corrected chi connectivity index (χ1v) is 6.15. The van der Waals surface area contributed by atoms with Gasteiger partial charge in [-0.05, 0) is 28.8 Å². The van der Waals surface area contributed by atoms with E-state index in [1.807, 2.05) is 24.9 Å². The zero-order valence-electron chi connectivity index (χ0n) is 11.5. The van der Waals surface area contributed by atoms with Gasteiger partial charge in [-0.15, -0.1) is 9.36 Å².